The predicted octanol–water partition coefficient (Wildman–Crippen LogP) is 2.18. The van der Waals surface area contributed by atoms with E-state index in [2.05, 4.69) is 59.2 Å². The van der Waals surface area contributed by atoms with Gasteiger partial charge in [-0.2, -0.15) is 0 Å². The van der Waals surface area contributed by atoms with E-state index in [4.69, 9.17) is 9.47 Å². The molecule has 0 bridgehead atoms. The molecule has 7 nitrogen and oxygen atoms in total. The van der Waals surface area contributed by atoms with Gasteiger partial charge < -0.3 is 25.0 Å². The molecule has 0 spiro atoms. The monoisotopic (exact) mass is 419 g/mol. The van der Waals surface area contributed by atoms with Crippen LogP contribution in [0.3, 0.4) is 0 Å². The number of hydrogen-bond acceptors (Lipinski definition) is 5. The van der Waals surface area contributed by atoms with Crippen LogP contribution in [0.4, 0.5) is 0 Å². The maximum atomic E-state index is 6.07. The Morgan fingerprint density at radius 3 is 2.53 bits per heavy atom. The first-order chi connectivity index (χ1) is 14.5. The van der Waals surface area contributed by atoms with E-state index in [0.717, 1.165) is 69.8 Å². The van der Waals surface area contributed by atoms with Gasteiger partial charge in [0.15, 0.2) is 5.96 Å². The first-order valence-corrected chi connectivity index (χ1v) is 11.2. The van der Waals surface area contributed by atoms with Gasteiger partial charge >= 0.3 is 0 Å². The maximum Gasteiger partial charge on any atom is 0.191 e. The summed E-state index contributed by atoms with van der Waals surface area (Å²) in [7, 11) is 1.81. The van der Waals surface area contributed by atoms with Crippen LogP contribution >= 0.6 is 0 Å². The van der Waals surface area contributed by atoms with Gasteiger partial charge in [0.05, 0.1) is 13.2 Å². The van der Waals surface area contributed by atoms with Crippen molar-refractivity contribution in [2.45, 2.75) is 39.8 Å². The molecule has 170 valence electrons. The number of nitrogens with zero attached hydrogens (tertiary/aromatic N) is 3. The number of likely N-dealkylation sites (N-methyl/N-ethyl adjacent to an activating group) is 1. The summed E-state index contributed by atoms with van der Waals surface area (Å²) in [6.07, 6.45) is 0. The SMILES string of the molecule is CCN(CC)CCOc1ccccc1CNC(=NC)NCC(C)(C)N1CCOCC1. The summed E-state index contributed by atoms with van der Waals surface area (Å²) >= 11 is 0. The highest BCUT2D eigenvalue weighted by Gasteiger charge is 2.28. The topological polar surface area (TPSA) is 61.4 Å². The van der Waals surface area contributed by atoms with Gasteiger partial charge in [-0.3, -0.25) is 9.89 Å². The molecule has 1 fully saturated rings. The summed E-state index contributed by atoms with van der Waals surface area (Å²) in [6.45, 7) is 17.6. The summed E-state index contributed by atoms with van der Waals surface area (Å²) in [5, 5.41) is 6.91. The van der Waals surface area contributed by atoms with E-state index < -0.39 is 0 Å². The zero-order valence-electron chi connectivity index (χ0n) is 19.5. The Morgan fingerprint density at radius 1 is 1.17 bits per heavy atom. The third-order valence-electron chi connectivity index (χ3n) is 5.76. The normalized spacial score (nSPS) is 16.0. The summed E-state index contributed by atoms with van der Waals surface area (Å²) in [4.78, 5) is 9.22. The third kappa shape index (κ3) is 7.78. The van der Waals surface area contributed by atoms with Gasteiger partial charge in [-0.15, -0.1) is 0 Å². The molecule has 1 heterocycles. The van der Waals surface area contributed by atoms with Crippen molar-refractivity contribution in [1.82, 2.24) is 20.4 Å². The number of hydrogen-bond donors (Lipinski definition) is 2. The number of nitrogens with one attached hydrogen (secondary N) is 2. The second-order valence-corrected chi connectivity index (χ2v) is 8.17. The highest BCUT2D eigenvalue weighted by atomic mass is 16.5. The number of para-hydroxylation sites is 1. The predicted molar refractivity (Wildman–Crippen MR) is 124 cm³/mol. The zero-order chi connectivity index (χ0) is 21.8. The van der Waals surface area contributed by atoms with Crippen LogP contribution in [0.25, 0.3) is 0 Å². The fourth-order valence-electron chi connectivity index (χ4n) is 3.60. The van der Waals surface area contributed by atoms with Crippen LogP contribution in [-0.4, -0.2) is 87.4 Å². The molecule has 1 aliphatic rings. The molecule has 0 unspecified atom stereocenters. The number of aliphatic imine (C=N–C) groups is 1. The Labute approximate surface area is 182 Å². The standard InChI is InChI=1S/C23H41N5O2/c1-6-27(7-2)12-17-30-21-11-9-8-10-20(21)18-25-22(24-5)26-19-23(3,4)28-13-15-29-16-14-28/h8-11H,6-7,12-19H2,1-5H3,(H2,24,25,26). The van der Waals surface area contributed by atoms with E-state index in [1.165, 1.54) is 0 Å². The molecule has 0 aromatic heterocycles. The summed E-state index contributed by atoms with van der Waals surface area (Å²) in [6, 6.07) is 8.21. The molecule has 0 amide bonds. The van der Waals surface area contributed by atoms with E-state index in [1.807, 2.05) is 25.2 Å². The van der Waals surface area contributed by atoms with Gasteiger partial charge in [0.25, 0.3) is 0 Å². The number of ether oxygens (including phenoxy) is 2. The molecule has 2 rings (SSSR count). The Bertz CT molecular complexity index is 640. The van der Waals surface area contributed by atoms with Gasteiger partial charge in [0.2, 0.25) is 0 Å². The van der Waals surface area contributed by atoms with Crippen LogP contribution in [0, 0.1) is 0 Å². The molecule has 0 atom stereocenters. The largest absolute Gasteiger partial charge is 0.492 e. The average molecular weight is 420 g/mol. The molecule has 0 aliphatic carbocycles. The van der Waals surface area contributed by atoms with Gasteiger partial charge in [-0.1, -0.05) is 32.0 Å². The average Bonchev–Trinajstić information content (AvgIpc) is 2.78. The minimum absolute atomic E-state index is 0.0346. The molecular formula is C23H41N5O2. The Hall–Kier alpha value is -1.83. The molecule has 2 N–H and O–H groups in total. The second-order valence-electron chi connectivity index (χ2n) is 8.17. The second kappa shape index (κ2) is 12.8. The van der Waals surface area contributed by atoms with Crippen molar-refractivity contribution in [2.75, 3.05) is 66.1 Å². The number of guanidine groups is 1. The minimum Gasteiger partial charge on any atom is -0.492 e. The van der Waals surface area contributed by atoms with Crippen LogP contribution in [0.5, 0.6) is 5.75 Å². The van der Waals surface area contributed by atoms with Crippen LogP contribution in [-0.2, 0) is 11.3 Å². The van der Waals surface area contributed by atoms with E-state index in [-0.39, 0.29) is 5.54 Å². The van der Waals surface area contributed by atoms with E-state index in [0.29, 0.717) is 13.2 Å². The smallest absolute Gasteiger partial charge is 0.191 e. The van der Waals surface area contributed by atoms with E-state index in [9.17, 15) is 0 Å². The Morgan fingerprint density at radius 2 is 1.87 bits per heavy atom. The van der Waals surface area contributed by atoms with Crippen LogP contribution in [0.15, 0.2) is 29.3 Å². The maximum absolute atomic E-state index is 6.07. The van der Waals surface area contributed by atoms with Crippen molar-refractivity contribution >= 4 is 5.96 Å². The molecule has 1 aliphatic heterocycles. The summed E-state index contributed by atoms with van der Waals surface area (Å²) in [5.41, 5.74) is 1.17. The lowest BCUT2D eigenvalue weighted by Crippen LogP contribution is -2.56. The van der Waals surface area contributed by atoms with Crippen molar-refractivity contribution in [3.8, 4) is 5.75 Å². The van der Waals surface area contributed by atoms with E-state index in [1.54, 1.807) is 0 Å². The Kier molecular flexibility index (Phi) is 10.4. The van der Waals surface area contributed by atoms with Gasteiger partial charge in [-0.05, 0) is 33.0 Å². The highest BCUT2D eigenvalue weighted by molar-refractivity contribution is 5.79. The lowest BCUT2D eigenvalue weighted by Gasteiger charge is -2.41. The molecule has 1 aromatic rings. The molecule has 30 heavy (non-hydrogen) atoms. The first-order valence-electron chi connectivity index (χ1n) is 11.2. The molecule has 0 saturated carbocycles. The van der Waals surface area contributed by atoms with Crippen molar-refractivity contribution in [1.29, 1.82) is 0 Å². The zero-order valence-corrected chi connectivity index (χ0v) is 19.5. The molecule has 7 heteroatoms. The molecular weight excluding hydrogens is 378 g/mol. The fourth-order valence-corrected chi connectivity index (χ4v) is 3.60. The number of morpholine rings is 1. The van der Waals surface area contributed by atoms with Gasteiger partial charge in [0, 0.05) is 50.9 Å². The molecule has 0 radical (unpaired) electrons. The van der Waals surface area contributed by atoms with Crippen LogP contribution in [0.1, 0.15) is 33.3 Å². The number of benzene rings is 1. The van der Waals surface area contributed by atoms with Crippen molar-refractivity contribution in [2.24, 2.45) is 4.99 Å². The summed E-state index contributed by atoms with van der Waals surface area (Å²) < 4.78 is 11.6. The highest BCUT2D eigenvalue weighted by Crippen LogP contribution is 2.18. The van der Waals surface area contributed by atoms with Gasteiger partial charge in [0.1, 0.15) is 12.4 Å². The quantitative estimate of drug-likeness (QED) is 0.424. The van der Waals surface area contributed by atoms with Crippen LogP contribution in [0.2, 0.25) is 0 Å². The first kappa shape index (κ1) is 24.4. The van der Waals surface area contributed by atoms with Crippen LogP contribution < -0.4 is 15.4 Å². The lowest BCUT2D eigenvalue weighted by molar-refractivity contribution is -0.00834. The van der Waals surface area contributed by atoms with Gasteiger partial charge in [-0.25, -0.2) is 0 Å². The Balaban J connectivity index is 1.84. The summed E-state index contributed by atoms with van der Waals surface area (Å²) in [5.74, 6) is 1.73. The lowest BCUT2D eigenvalue weighted by atomic mass is 10.0. The molecule has 1 aromatic carbocycles. The van der Waals surface area contributed by atoms with E-state index >= 15 is 0 Å². The minimum atomic E-state index is 0.0346. The molecule has 1 saturated heterocycles. The fraction of sp³-hybridized carbons (Fsp3) is 0.696. The van der Waals surface area contributed by atoms with Crippen molar-refractivity contribution in [3.63, 3.8) is 0 Å². The third-order valence-corrected chi connectivity index (χ3v) is 5.76. The van der Waals surface area contributed by atoms with Crippen molar-refractivity contribution in [3.05, 3.63) is 29.8 Å². The van der Waals surface area contributed by atoms with Crippen molar-refractivity contribution < 1.29 is 9.47 Å². The number of rotatable bonds is 11.